The fourth-order valence-corrected chi connectivity index (χ4v) is 2.10. The molecule has 5 nitrogen and oxygen atoms in total. The first-order chi connectivity index (χ1) is 12.1. The van der Waals surface area contributed by atoms with Gasteiger partial charge in [-0.25, -0.2) is 5.43 Å². The van der Waals surface area contributed by atoms with Crippen LogP contribution in [0.2, 0.25) is 0 Å². The predicted molar refractivity (Wildman–Crippen MR) is 102 cm³/mol. The largest absolute Gasteiger partial charge is 0.490 e. The molecule has 130 valence electrons. The molecule has 2 rings (SSSR count). The van der Waals surface area contributed by atoms with Crippen molar-refractivity contribution in [1.29, 1.82) is 0 Å². The second kappa shape index (κ2) is 9.64. The number of hydrogen-bond acceptors (Lipinski definition) is 4. The minimum atomic E-state index is -0.659. The van der Waals surface area contributed by atoms with Crippen molar-refractivity contribution < 1.29 is 14.3 Å². The van der Waals surface area contributed by atoms with Crippen molar-refractivity contribution in [3.8, 4) is 11.5 Å². The Bertz CT molecular complexity index is 727. The first kappa shape index (κ1) is 18.7. The van der Waals surface area contributed by atoms with Gasteiger partial charge in [-0.2, -0.15) is 5.10 Å². The van der Waals surface area contributed by atoms with Crippen molar-refractivity contribution in [3.63, 3.8) is 0 Å². The number of carbonyl (C=O) groups excluding carboxylic acids is 1. The Labute approximate surface area is 155 Å². The lowest BCUT2D eigenvalue weighted by Crippen LogP contribution is -2.33. The van der Waals surface area contributed by atoms with Crippen molar-refractivity contribution in [1.82, 2.24) is 5.43 Å². The summed E-state index contributed by atoms with van der Waals surface area (Å²) >= 11 is 3.35. The molecule has 0 bridgehead atoms. The topological polar surface area (TPSA) is 59.9 Å². The molecule has 2 aromatic carbocycles. The number of amides is 1. The molecule has 1 amide bonds. The number of nitrogens with zero attached hydrogens (tertiary/aromatic N) is 1. The molecule has 0 saturated heterocycles. The van der Waals surface area contributed by atoms with Gasteiger partial charge in [-0.1, -0.05) is 28.6 Å². The molecule has 0 aromatic heterocycles. The molecule has 0 heterocycles. The monoisotopic (exact) mass is 402 g/mol. The lowest BCUT2D eigenvalue weighted by Gasteiger charge is -2.12. The molecule has 0 fully saturated rings. The van der Waals surface area contributed by atoms with Gasteiger partial charge in [-0.15, -0.1) is 0 Å². The normalized spacial score (nSPS) is 11.8. The SMILES string of the molecule is C=CCOc1ccc(/C=N\NC(=O)[C@H](C)Oc2ccc(Br)cc2)cc1. The third kappa shape index (κ3) is 6.43. The van der Waals surface area contributed by atoms with Crippen molar-refractivity contribution in [2.75, 3.05) is 6.61 Å². The average Bonchev–Trinajstić information content (AvgIpc) is 2.62. The van der Waals surface area contributed by atoms with E-state index in [0.717, 1.165) is 15.8 Å². The number of hydrazone groups is 1. The van der Waals surface area contributed by atoms with Crippen molar-refractivity contribution in [3.05, 3.63) is 71.2 Å². The van der Waals surface area contributed by atoms with Crippen LogP contribution in [-0.4, -0.2) is 24.8 Å². The van der Waals surface area contributed by atoms with E-state index in [-0.39, 0.29) is 5.91 Å². The summed E-state index contributed by atoms with van der Waals surface area (Å²) in [4.78, 5) is 12.0. The van der Waals surface area contributed by atoms with E-state index in [1.54, 1.807) is 31.3 Å². The van der Waals surface area contributed by atoms with Gasteiger partial charge in [0.05, 0.1) is 6.21 Å². The summed E-state index contributed by atoms with van der Waals surface area (Å²) < 4.78 is 11.9. The van der Waals surface area contributed by atoms with E-state index >= 15 is 0 Å². The van der Waals surface area contributed by atoms with E-state index in [4.69, 9.17) is 9.47 Å². The summed E-state index contributed by atoms with van der Waals surface area (Å²) in [6.07, 6.45) is 2.58. The van der Waals surface area contributed by atoms with E-state index < -0.39 is 6.10 Å². The molecule has 25 heavy (non-hydrogen) atoms. The molecule has 0 aliphatic heterocycles. The van der Waals surface area contributed by atoms with Gasteiger partial charge in [0.25, 0.3) is 5.91 Å². The van der Waals surface area contributed by atoms with Crippen LogP contribution in [0.1, 0.15) is 12.5 Å². The minimum Gasteiger partial charge on any atom is -0.490 e. The zero-order chi connectivity index (χ0) is 18.1. The Morgan fingerprint density at radius 1 is 1.20 bits per heavy atom. The molecule has 0 aliphatic rings. The summed E-state index contributed by atoms with van der Waals surface area (Å²) in [5, 5.41) is 3.94. The number of nitrogens with one attached hydrogen (secondary N) is 1. The molecular formula is C19H19BrN2O3. The van der Waals surface area contributed by atoms with Gasteiger partial charge in [0, 0.05) is 4.47 Å². The van der Waals surface area contributed by atoms with Crippen LogP contribution in [0.15, 0.2) is 70.8 Å². The molecule has 0 spiro atoms. The van der Waals surface area contributed by atoms with Gasteiger partial charge >= 0.3 is 0 Å². The Kier molecular flexibility index (Phi) is 7.22. The molecule has 1 N–H and O–H groups in total. The maximum absolute atomic E-state index is 12.0. The quantitative estimate of drug-likeness (QED) is 0.413. The molecule has 0 saturated carbocycles. The van der Waals surface area contributed by atoms with Crippen molar-refractivity contribution >= 4 is 28.1 Å². The predicted octanol–water partition coefficient (Wildman–Crippen LogP) is 3.93. The van der Waals surface area contributed by atoms with Gasteiger partial charge in [0.1, 0.15) is 18.1 Å². The Hall–Kier alpha value is -2.60. The lowest BCUT2D eigenvalue weighted by molar-refractivity contribution is -0.127. The Morgan fingerprint density at radius 3 is 2.48 bits per heavy atom. The maximum Gasteiger partial charge on any atom is 0.280 e. The van der Waals surface area contributed by atoms with Gasteiger partial charge in [-0.3, -0.25) is 4.79 Å². The van der Waals surface area contributed by atoms with E-state index in [1.807, 2.05) is 36.4 Å². The van der Waals surface area contributed by atoms with Crippen molar-refractivity contribution in [2.45, 2.75) is 13.0 Å². The van der Waals surface area contributed by atoms with Crippen LogP contribution in [0.3, 0.4) is 0 Å². The molecule has 0 radical (unpaired) electrons. The first-order valence-electron chi connectivity index (χ1n) is 7.67. The van der Waals surface area contributed by atoms with Gasteiger partial charge in [-0.05, 0) is 61.0 Å². The zero-order valence-electron chi connectivity index (χ0n) is 13.8. The van der Waals surface area contributed by atoms with Crippen LogP contribution in [0, 0.1) is 0 Å². The summed E-state index contributed by atoms with van der Waals surface area (Å²) in [5.41, 5.74) is 3.30. The van der Waals surface area contributed by atoms with Crippen LogP contribution >= 0.6 is 15.9 Å². The van der Waals surface area contributed by atoms with E-state index in [2.05, 4.69) is 33.0 Å². The van der Waals surface area contributed by atoms with Crippen LogP contribution < -0.4 is 14.9 Å². The second-order valence-corrected chi connectivity index (χ2v) is 6.03. The molecule has 0 unspecified atom stereocenters. The molecular weight excluding hydrogens is 384 g/mol. The smallest absolute Gasteiger partial charge is 0.280 e. The lowest BCUT2D eigenvalue weighted by atomic mass is 10.2. The van der Waals surface area contributed by atoms with Gasteiger partial charge in [0.15, 0.2) is 6.10 Å². The van der Waals surface area contributed by atoms with Crippen LogP contribution in [0.4, 0.5) is 0 Å². The summed E-state index contributed by atoms with van der Waals surface area (Å²) in [6, 6.07) is 14.6. The highest BCUT2D eigenvalue weighted by atomic mass is 79.9. The fourth-order valence-electron chi connectivity index (χ4n) is 1.84. The molecule has 2 aromatic rings. The van der Waals surface area contributed by atoms with Crippen LogP contribution in [-0.2, 0) is 4.79 Å². The fraction of sp³-hybridized carbons (Fsp3) is 0.158. The highest BCUT2D eigenvalue weighted by molar-refractivity contribution is 9.10. The van der Waals surface area contributed by atoms with Crippen LogP contribution in [0.5, 0.6) is 11.5 Å². The first-order valence-corrected chi connectivity index (χ1v) is 8.46. The highest BCUT2D eigenvalue weighted by Gasteiger charge is 2.13. The second-order valence-electron chi connectivity index (χ2n) is 5.12. The Balaban J connectivity index is 1.82. The van der Waals surface area contributed by atoms with Gasteiger partial charge in [0.2, 0.25) is 0 Å². The molecule has 1 atom stereocenters. The summed E-state index contributed by atoms with van der Waals surface area (Å²) in [6.45, 7) is 5.72. The number of benzene rings is 2. The zero-order valence-corrected chi connectivity index (χ0v) is 15.4. The van der Waals surface area contributed by atoms with Crippen molar-refractivity contribution in [2.24, 2.45) is 5.10 Å². The third-order valence-electron chi connectivity index (χ3n) is 3.13. The Morgan fingerprint density at radius 2 is 1.84 bits per heavy atom. The number of rotatable bonds is 8. The number of ether oxygens (including phenoxy) is 2. The number of carbonyl (C=O) groups is 1. The van der Waals surface area contributed by atoms with E-state index in [9.17, 15) is 4.79 Å². The minimum absolute atomic E-state index is 0.329. The summed E-state index contributed by atoms with van der Waals surface area (Å²) in [5.74, 6) is 1.03. The van der Waals surface area contributed by atoms with E-state index in [1.165, 1.54) is 0 Å². The number of hydrogen-bond donors (Lipinski definition) is 1. The highest BCUT2D eigenvalue weighted by Crippen LogP contribution is 2.17. The number of halogens is 1. The maximum atomic E-state index is 12.0. The van der Waals surface area contributed by atoms with E-state index in [0.29, 0.717) is 12.4 Å². The molecule has 0 aliphatic carbocycles. The van der Waals surface area contributed by atoms with Crippen LogP contribution in [0.25, 0.3) is 0 Å². The van der Waals surface area contributed by atoms with Gasteiger partial charge < -0.3 is 9.47 Å². The average molecular weight is 403 g/mol. The summed E-state index contributed by atoms with van der Waals surface area (Å²) in [7, 11) is 0. The standard InChI is InChI=1S/C19H19BrN2O3/c1-3-12-24-17-8-4-15(5-9-17)13-21-22-19(23)14(2)25-18-10-6-16(20)7-11-18/h3-11,13-14H,1,12H2,2H3,(H,22,23)/b21-13-/t14-/m0/s1. The molecule has 6 heteroatoms. The third-order valence-corrected chi connectivity index (χ3v) is 3.66.